The van der Waals surface area contributed by atoms with Gasteiger partial charge in [0.25, 0.3) is 0 Å². The molecule has 0 aromatic heterocycles. The maximum absolute atomic E-state index is 13.4. The van der Waals surface area contributed by atoms with Gasteiger partial charge in [-0.25, -0.2) is 8.78 Å². The van der Waals surface area contributed by atoms with Gasteiger partial charge in [0.2, 0.25) is 0 Å². The molecule has 1 aliphatic rings. The van der Waals surface area contributed by atoms with Gasteiger partial charge >= 0.3 is 5.97 Å². The fraction of sp³-hybridized carbons (Fsp3) is 0.533. The molecule has 1 saturated carbocycles. The number of rotatable bonds is 5. The van der Waals surface area contributed by atoms with E-state index in [0.717, 1.165) is 18.9 Å². The Morgan fingerprint density at radius 3 is 2.60 bits per heavy atom. The molecular formula is C15H19F2NO2. The van der Waals surface area contributed by atoms with Crippen LogP contribution in [-0.4, -0.2) is 17.6 Å². The van der Waals surface area contributed by atoms with E-state index in [9.17, 15) is 13.6 Å². The van der Waals surface area contributed by atoms with Gasteiger partial charge in [-0.1, -0.05) is 12.1 Å². The number of carbonyl (C=O) groups is 1. The second-order valence-corrected chi connectivity index (χ2v) is 5.40. The molecule has 1 aromatic carbocycles. The van der Waals surface area contributed by atoms with Crippen LogP contribution in [0, 0.1) is 23.5 Å². The van der Waals surface area contributed by atoms with Crippen LogP contribution in [-0.2, 0) is 11.3 Å². The van der Waals surface area contributed by atoms with E-state index in [-0.39, 0.29) is 5.92 Å². The summed E-state index contributed by atoms with van der Waals surface area (Å²) in [5, 5.41) is 12.0. The average Bonchev–Trinajstić information content (AvgIpc) is 2.44. The van der Waals surface area contributed by atoms with Crippen LogP contribution in [0.1, 0.15) is 31.2 Å². The molecule has 0 radical (unpaired) electrons. The van der Waals surface area contributed by atoms with Crippen molar-refractivity contribution < 1.29 is 18.7 Å². The fourth-order valence-corrected chi connectivity index (χ4v) is 2.71. The fourth-order valence-electron chi connectivity index (χ4n) is 2.71. The quantitative estimate of drug-likeness (QED) is 0.873. The summed E-state index contributed by atoms with van der Waals surface area (Å²) >= 11 is 0. The van der Waals surface area contributed by atoms with E-state index in [2.05, 4.69) is 5.32 Å². The standard InChI is InChI=1S/C15H19F2NO2/c16-13-3-1-2-12(14(13)17)9-18-8-10-4-6-11(7-5-10)15(19)20/h1-3,10-11,18H,4-9H2,(H,19,20). The molecule has 0 heterocycles. The normalized spacial score (nSPS) is 22.7. The number of hydrogen-bond donors (Lipinski definition) is 2. The molecule has 2 N–H and O–H groups in total. The molecule has 110 valence electrons. The lowest BCUT2D eigenvalue weighted by atomic mass is 9.82. The van der Waals surface area contributed by atoms with Gasteiger partial charge in [0, 0.05) is 12.1 Å². The van der Waals surface area contributed by atoms with Crippen molar-refractivity contribution in [1.82, 2.24) is 5.32 Å². The van der Waals surface area contributed by atoms with Gasteiger partial charge in [-0.15, -0.1) is 0 Å². The zero-order chi connectivity index (χ0) is 14.5. The minimum Gasteiger partial charge on any atom is -0.481 e. The Morgan fingerprint density at radius 1 is 1.25 bits per heavy atom. The van der Waals surface area contributed by atoms with Gasteiger partial charge in [-0.2, -0.15) is 0 Å². The summed E-state index contributed by atoms with van der Waals surface area (Å²) in [6.45, 7) is 1.00. The molecule has 0 aliphatic heterocycles. The molecule has 0 saturated heterocycles. The Labute approximate surface area is 117 Å². The monoisotopic (exact) mass is 283 g/mol. The third kappa shape index (κ3) is 3.76. The number of carboxylic acids is 1. The number of aliphatic carboxylic acids is 1. The highest BCUT2D eigenvalue weighted by molar-refractivity contribution is 5.69. The maximum Gasteiger partial charge on any atom is 0.306 e. The van der Waals surface area contributed by atoms with Crippen LogP contribution in [0.5, 0.6) is 0 Å². The molecule has 1 aromatic rings. The predicted molar refractivity (Wildman–Crippen MR) is 71.1 cm³/mol. The van der Waals surface area contributed by atoms with Gasteiger partial charge in [-0.3, -0.25) is 4.79 Å². The van der Waals surface area contributed by atoms with Crippen LogP contribution in [0.15, 0.2) is 18.2 Å². The van der Waals surface area contributed by atoms with E-state index in [0.29, 0.717) is 37.4 Å². The molecular weight excluding hydrogens is 264 g/mol. The van der Waals surface area contributed by atoms with Crippen LogP contribution >= 0.6 is 0 Å². The van der Waals surface area contributed by atoms with Crippen molar-refractivity contribution in [3.63, 3.8) is 0 Å². The SMILES string of the molecule is O=C(O)C1CCC(CNCc2cccc(F)c2F)CC1. The first-order valence-electron chi connectivity index (χ1n) is 6.94. The second kappa shape index (κ2) is 6.79. The van der Waals surface area contributed by atoms with E-state index in [4.69, 9.17) is 5.11 Å². The van der Waals surface area contributed by atoms with Crippen molar-refractivity contribution in [2.75, 3.05) is 6.54 Å². The first-order chi connectivity index (χ1) is 9.58. The number of halogens is 2. The van der Waals surface area contributed by atoms with Gasteiger partial charge in [-0.05, 0) is 44.2 Å². The van der Waals surface area contributed by atoms with Crippen molar-refractivity contribution in [2.24, 2.45) is 11.8 Å². The highest BCUT2D eigenvalue weighted by Crippen LogP contribution is 2.28. The van der Waals surface area contributed by atoms with E-state index in [1.54, 1.807) is 6.07 Å². The number of benzene rings is 1. The molecule has 20 heavy (non-hydrogen) atoms. The lowest BCUT2D eigenvalue weighted by Crippen LogP contribution is -2.28. The summed E-state index contributed by atoms with van der Waals surface area (Å²) in [6, 6.07) is 4.16. The average molecular weight is 283 g/mol. The van der Waals surface area contributed by atoms with Crippen molar-refractivity contribution in [3.05, 3.63) is 35.4 Å². The molecule has 5 heteroatoms. The Morgan fingerprint density at radius 2 is 1.95 bits per heavy atom. The largest absolute Gasteiger partial charge is 0.481 e. The smallest absolute Gasteiger partial charge is 0.306 e. The molecule has 3 nitrogen and oxygen atoms in total. The van der Waals surface area contributed by atoms with Gasteiger partial charge in [0.05, 0.1) is 5.92 Å². The van der Waals surface area contributed by atoms with Crippen molar-refractivity contribution in [3.8, 4) is 0 Å². The first kappa shape index (κ1) is 14.9. The van der Waals surface area contributed by atoms with Crippen molar-refractivity contribution in [2.45, 2.75) is 32.2 Å². The lowest BCUT2D eigenvalue weighted by molar-refractivity contribution is -0.143. The Balaban J connectivity index is 1.74. The summed E-state index contributed by atoms with van der Waals surface area (Å²) in [6.07, 6.45) is 3.15. The lowest BCUT2D eigenvalue weighted by Gasteiger charge is -2.26. The second-order valence-electron chi connectivity index (χ2n) is 5.40. The molecule has 0 unspecified atom stereocenters. The van der Waals surface area contributed by atoms with Crippen molar-refractivity contribution >= 4 is 5.97 Å². The Bertz CT molecular complexity index is 471. The molecule has 0 spiro atoms. The summed E-state index contributed by atoms with van der Waals surface area (Å²) < 4.78 is 26.4. The maximum atomic E-state index is 13.4. The zero-order valence-corrected chi connectivity index (χ0v) is 11.2. The molecule has 1 fully saturated rings. The van der Waals surface area contributed by atoms with Crippen molar-refractivity contribution in [1.29, 1.82) is 0 Å². The predicted octanol–water partition coefficient (Wildman–Crippen LogP) is 2.95. The van der Waals surface area contributed by atoms with E-state index >= 15 is 0 Å². The van der Waals surface area contributed by atoms with E-state index in [1.807, 2.05) is 0 Å². The van der Waals surface area contributed by atoms with Gasteiger partial charge in [0.15, 0.2) is 11.6 Å². The van der Waals surface area contributed by atoms with Gasteiger partial charge < -0.3 is 10.4 Å². The topological polar surface area (TPSA) is 49.3 Å². The van der Waals surface area contributed by atoms with Crippen LogP contribution in [0.2, 0.25) is 0 Å². The van der Waals surface area contributed by atoms with Crippen LogP contribution < -0.4 is 5.32 Å². The first-order valence-corrected chi connectivity index (χ1v) is 6.94. The minimum atomic E-state index is -0.828. The zero-order valence-electron chi connectivity index (χ0n) is 11.2. The molecule has 1 aliphatic carbocycles. The number of carboxylic acid groups (broad SMARTS) is 1. The molecule has 0 bridgehead atoms. The Hall–Kier alpha value is -1.49. The highest BCUT2D eigenvalue weighted by atomic mass is 19.2. The molecule has 0 atom stereocenters. The van der Waals surface area contributed by atoms with Crippen LogP contribution in [0.3, 0.4) is 0 Å². The van der Waals surface area contributed by atoms with E-state index < -0.39 is 17.6 Å². The number of hydrogen-bond acceptors (Lipinski definition) is 2. The van der Waals surface area contributed by atoms with Crippen LogP contribution in [0.4, 0.5) is 8.78 Å². The Kier molecular flexibility index (Phi) is 5.06. The van der Waals surface area contributed by atoms with Gasteiger partial charge in [0.1, 0.15) is 0 Å². The summed E-state index contributed by atoms with van der Waals surface area (Å²) in [4.78, 5) is 10.8. The van der Waals surface area contributed by atoms with Crippen LogP contribution in [0.25, 0.3) is 0 Å². The summed E-state index contributed by atoms with van der Waals surface area (Å²) in [5.41, 5.74) is 0.323. The summed E-state index contributed by atoms with van der Waals surface area (Å²) in [5.74, 6) is -2.13. The highest BCUT2D eigenvalue weighted by Gasteiger charge is 2.25. The molecule has 2 rings (SSSR count). The third-order valence-electron chi connectivity index (χ3n) is 3.98. The minimum absolute atomic E-state index is 0.216. The third-order valence-corrected chi connectivity index (χ3v) is 3.98. The summed E-state index contributed by atoms with van der Waals surface area (Å²) in [7, 11) is 0. The van der Waals surface area contributed by atoms with E-state index in [1.165, 1.54) is 6.07 Å². The number of nitrogens with one attached hydrogen (secondary N) is 1. The molecule has 0 amide bonds.